The molecule has 0 aliphatic rings. The van der Waals surface area contributed by atoms with Crippen LogP contribution in [0.3, 0.4) is 0 Å². The number of hydrogen-bond donors (Lipinski definition) is 2. The van der Waals surface area contributed by atoms with E-state index in [1.54, 1.807) is 0 Å². The van der Waals surface area contributed by atoms with Crippen LogP contribution < -0.4 is 11.3 Å². The van der Waals surface area contributed by atoms with Crippen molar-refractivity contribution in [2.75, 3.05) is 0 Å². The molecule has 0 bridgehead atoms. The number of rotatable bonds is 2. The highest BCUT2D eigenvalue weighted by atomic mass is 127. The Kier molecular flexibility index (Phi) is 6.48. The van der Waals surface area contributed by atoms with Crippen LogP contribution in [0.25, 0.3) is 0 Å². The van der Waals surface area contributed by atoms with Gasteiger partial charge in [0, 0.05) is 14.6 Å². The number of hydrazine groups is 1. The average Bonchev–Trinajstić information content (AvgIpc) is 1.99. The summed E-state index contributed by atoms with van der Waals surface area (Å²) >= 11 is 5.75. The van der Waals surface area contributed by atoms with Gasteiger partial charge in [-0.3, -0.25) is 11.3 Å². The Morgan fingerprint density at radius 3 is 2.75 bits per heavy atom. The van der Waals surface area contributed by atoms with Crippen molar-refractivity contribution in [3.05, 3.63) is 31.8 Å². The van der Waals surface area contributed by atoms with Crippen molar-refractivity contribution in [2.24, 2.45) is 5.84 Å². The number of nitrogens with two attached hydrogens (primary N) is 1. The second-order valence-electron chi connectivity index (χ2n) is 2.09. The summed E-state index contributed by atoms with van der Waals surface area (Å²) in [7, 11) is 0. The molecule has 1 rings (SSSR count). The highest BCUT2D eigenvalue weighted by molar-refractivity contribution is 14.1. The van der Waals surface area contributed by atoms with E-state index in [9.17, 15) is 0 Å². The van der Waals surface area contributed by atoms with Crippen molar-refractivity contribution in [1.82, 2.24) is 5.43 Å². The fourth-order valence-electron chi connectivity index (χ4n) is 0.795. The molecule has 0 spiro atoms. The number of halogens is 3. The lowest BCUT2D eigenvalue weighted by molar-refractivity contribution is 0.738. The van der Waals surface area contributed by atoms with E-state index >= 15 is 0 Å². The molecule has 0 aromatic heterocycles. The van der Waals surface area contributed by atoms with E-state index in [2.05, 4.69) is 43.9 Å². The fraction of sp³-hybridized carbons (Fsp3) is 0.143. The van der Waals surface area contributed by atoms with Gasteiger partial charge in [0.1, 0.15) is 0 Å². The minimum atomic E-state index is 0. The van der Waals surface area contributed by atoms with E-state index in [4.69, 9.17) is 5.84 Å². The summed E-state index contributed by atoms with van der Waals surface area (Å²) in [5.74, 6) is 5.21. The lowest BCUT2D eigenvalue weighted by atomic mass is 10.2. The van der Waals surface area contributed by atoms with Crippen LogP contribution in [0.15, 0.2) is 22.7 Å². The monoisotopic (exact) mass is 362 g/mol. The van der Waals surface area contributed by atoms with Crippen LogP contribution in [0.4, 0.5) is 0 Å². The summed E-state index contributed by atoms with van der Waals surface area (Å²) in [6.07, 6.45) is 0. The van der Waals surface area contributed by atoms with Crippen LogP contribution in [0.2, 0.25) is 0 Å². The predicted molar refractivity (Wildman–Crippen MR) is 65.1 cm³/mol. The topological polar surface area (TPSA) is 38.0 Å². The number of nitrogens with one attached hydrogen (secondary N) is 1. The molecule has 12 heavy (non-hydrogen) atoms. The summed E-state index contributed by atoms with van der Waals surface area (Å²) in [5.41, 5.74) is 3.80. The Balaban J connectivity index is 0.00000121. The molecule has 0 heterocycles. The molecule has 1 aromatic carbocycles. The molecule has 0 amide bonds. The first-order valence-electron chi connectivity index (χ1n) is 3.12. The Hall–Kier alpha value is 0.640. The van der Waals surface area contributed by atoms with Gasteiger partial charge in [0.2, 0.25) is 0 Å². The van der Waals surface area contributed by atoms with Crippen molar-refractivity contribution in [3.63, 3.8) is 0 Å². The molecule has 0 saturated heterocycles. The largest absolute Gasteiger partial charge is 0.271 e. The van der Waals surface area contributed by atoms with Gasteiger partial charge < -0.3 is 0 Å². The summed E-state index contributed by atoms with van der Waals surface area (Å²) in [6, 6.07) is 6.09. The first-order valence-corrected chi connectivity index (χ1v) is 4.99. The standard InChI is InChI=1S/C7H8BrIN2.ClH/c8-7-5(4-11-10)2-1-3-6(7)9;/h1-3,11H,4,10H2;1H. The molecule has 0 radical (unpaired) electrons. The highest BCUT2D eigenvalue weighted by Gasteiger charge is 2.00. The second kappa shape index (κ2) is 6.15. The van der Waals surface area contributed by atoms with Crippen LogP contribution in [0, 0.1) is 3.57 Å². The Bertz CT molecular complexity index is 257. The molecule has 0 fully saturated rings. The van der Waals surface area contributed by atoms with Crippen LogP contribution in [-0.2, 0) is 6.54 Å². The maximum Gasteiger partial charge on any atom is 0.0360 e. The molecule has 0 aliphatic heterocycles. The summed E-state index contributed by atoms with van der Waals surface area (Å²) < 4.78 is 2.33. The Morgan fingerprint density at radius 1 is 1.50 bits per heavy atom. The van der Waals surface area contributed by atoms with E-state index in [0.717, 1.165) is 4.47 Å². The first-order chi connectivity index (χ1) is 5.25. The van der Waals surface area contributed by atoms with Crippen LogP contribution >= 0.6 is 50.9 Å². The molecule has 68 valence electrons. The van der Waals surface area contributed by atoms with Gasteiger partial charge in [0.05, 0.1) is 0 Å². The van der Waals surface area contributed by atoms with Gasteiger partial charge >= 0.3 is 0 Å². The van der Waals surface area contributed by atoms with Crippen molar-refractivity contribution in [2.45, 2.75) is 6.54 Å². The lowest BCUT2D eigenvalue weighted by Gasteiger charge is -2.03. The third kappa shape index (κ3) is 3.18. The van der Waals surface area contributed by atoms with E-state index < -0.39 is 0 Å². The van der Waals surface area contributed by atoms with Gasteiger partial charge in [-0.1, -0.05) is 12.1 Å². The van der Waals surface area contributed by atoms with Crippen LogP contribution in [-0.4, -0.2) is 0 Å². The first kappa shape index (κ1) is 12.6. The second-order valence-corrected chi connectivity index (χ2v) is 4.05. The van der Waals surface area contributed by atoms with Gasteiger partial charge in [0.15, 0.2) is 0 Å². The maximum atomic E-state index is 5.21. The quantitative estimate of drug-likeness (QED) is 0.481. The molecule has 3 N–H and O–H groups in total. The zero-order valence-corrected chi connectivity index (χ0v) is 10.7. The number of benzene rings is 1. The van der Waals surface area contributed by atoms with Gasteiger partial charge in [0.25, 0.3) is 0 Å². The summed E-state index contributed by atoms with van der Waals surface area (Å²) in [4.78, 5) is 0. The summed E-state index contributed by atoms with van der Waals surface area (Å²) in [5, 5.41) is 0. The van der Waals surface area contributed by atoms with E-state index in [1.165, 1.54) is 9.13 Å². The molecule has 0 saturated carbocycles. The third-order valence-corrected chi connectivity index (χ3v) is 3.90. The molecule has 1 aromatic rings. The van der Waals surface area contributed by atoms with E-state index in [1.807, 2.05) is 18.2 Å². The van der Waals surface area contributed by atoms with Crippen LogP contribution in [0.1, 0.15) is 5.56 Å². The van der Waals surface area contributed by atoms with Crippen molar-refractivity contribution in [3.8, 4) is 0 Å². The van der Waals surface area contributed by atoms with E-state index in [0.29, 0.717) is 6.54 Å². The Labute approximate surface area is 99.9 Å². The predicted octanol–water partition coefficient (Wildman–Crippen LogP) is 2.44. The van der Waals surface area contributed by atoms with Gasteiger partial charge in [-0.25, -0.2) is 0 Å². The molecule has 0 unspecified atom stereocenters. The molecule has 5 heteroatoms. The molecule has 0 aliphatic carbocycles. The minimum absolute atomic E-state index is 0. The molecular weight excluding hydrogens is 354 g/mol. The van der Waals surface area contributed by atoms with Crippen LogP contribution in [0.5, 0.6) is 0 Å². The Morgan fingerprint density at radius 2 is 2.17 bits per heavy atom. The maximum absolute atomic E-state index is 5.21. The van der Waals surface area contributed by atoms with Gasteiger partial charge in [-0.05, 0) is 50.2 Å². The highest BCUT2D eigenvalue weighted by Crippen LogP contribution is 2.22. The van der Waals surface area contributed by atoms with Crippen molar-refractivity contribution in [1.29, 1.82) is 0 Å². The zero-order chi connectivity index (χ0) is 8.27. The minimum Gasteiger partial charge on any atom is -0.271 e. The van der Waals surface area contributed by atoms with Gasteiger partial charge in [-0.15, -0.1) is 12.4 Å². The lowest BCUT2D eigenvalue weighted by Crippen LogP contribution is -2.21. The molecule has 2 nitrogen and oxygen atoms in total. The molecular formula is C7H9BrClIN2. The van der Waals surface area contributed by atoms with Crippen molar-refractivity contribution >= 4 is 50.9 Å². The normalized spacial score (nSPS) is 9.25. The fourth-order valence-corrected chi connectivity index (χ4v) is 1.75. The van der Waals surface area contributed by atoms with Crippen molar-refractivity contribution < 1.29 is 0 Å². The third-order valence-electron chi connectivity index (χ3n) is 1.32. The zero-order valence-electron chi connectivity index (χ0n) is 6.18. The average molecular weight is 363 g/mol. The van der Waals surface area contributed by atoms with E-state index in [-0.39, 0.29) is 12.4 Å². The SMILES string of the molecule is Cl.NNCc1cccc(I)c1Br. The molecule has 0 atom stereocenters. The van der Waals surface area contributed by atoms with Gasteiger partial charge in [-0.2, -0.15) is 0 Å². The number of hydrogen-bond acceptors (Lipinski definition) is 2. The summed E-state index contributed by atoms with van der Waals surface area (Å²) in [6.45, 7) is 0.692. The smallest absolute Gasteiger partial charge is 0.0360 e.